The number of carbonyl (C=O) groups excluding carboxylic acids is 2. The highest BCUT2D eigenvalue weighted by molar-refractivity contribution is 5.93. The Balaban J connectivity index is 1.25. The number of benzene rings is 1. The van der Waals surface area contributed by atoms with E-state index >= 15 is 0 Å². The standard InChI is InChI=1S/C24H23N5O3/c30-23(28-13-15-29(16-14-28)24(31)22-17-25-11-12-27-22)9-6-19-4-7-21(8-5-19)32-18-20-3-1-2-10-26-20/h1-12,17H,13-16,18H2/b9-6+. The summed E-state index contributed by atoms with van der Waals surface area (Å²) in [5.74, 6) is 0.501. The average molecular weight is 429 g/mol. The Labute approximate surface area is 186 Å². The van der Waals surface area contributed by atoms with Gasteiger partial charge in [0.05, 0.1) is 11.9 Å². The smallest absolute Gasteiger partial charge is 0.274 e. The summed E-state index contributed by atoms with van der Waals surface area (Å²) < 4.78 is 5.73. The minimum Gasteiger partial charge on any atom is -0.487 e. The van der Waals surface area contributed by atoms with Gasteiger partial charge in [0.1, 0.15) is 18.1 Å². The second-order valence-electron chi connectivity index (χ2n) is 7.22. The highest BCUT2D eigenvalue weighted by atomic mass is 16.5. The van der Waals surface area contributed by atoms with Crippen molar-refractivity contribution < 1.29 is 14.3 Å². The van der Waals surface area contributed by atoms with Crippen LogP contribution >= 0.6 is 0 Å². The lowest BCUT2D eigenvalue weighted by atomic mass is 10.2. The van der Waals surface area contributed by atoms with Crippen molar-refractivity contribution in [1.82, 2.24) is 24.8 Å². The summed E-state index contributed by atoms with van der Waals surface area (Å²) in [7, 11) is 0. The van der Waals surface area contributed by atoms with Crippen LogP contribution in [-0.2, 0) is 11.4 Å². The molecule has 3 heterocycles. The van der Waals surface area contributed by atoms with Gasteiger partial charge in [0.25, 0.3) is 5.91 Å². The van der Waals surface area contributed by atoms with Crippen molar-refractivity contribution in [3.8, 4) is 5.75 Å². The first-order chi connectivity index (χ1) is 15.7. The zero-order chi connectivity index (χ0) is 22.2. The molecule has 0 radical (unpaired) electrons. The van der Waals surface area contributed by atoms with E-state index in [-0.39, 0.29) is 11.8 Å². The fourth-order valence-corrected chi connectivity index (χ4v) is 3.29. The van der Waals surface area contributed by atoms with Crippen LogP contribution in [0, 0.1) is 0 Å². The monoisotopic (exact) mass is 429 g/mol. The van der Waals surface area contributed by atoms with Gasteiger partial charge in [-0.05, 0) is 35.9 Å². The van der Waals surface area contributed by atoms with Crippen LogP contribution in [0.1, 0.15) is 21.7 Å². The lowest BCUT2D eigenvalue weighted by molar-refractivity contribution is -0.127. The van der Waals surface area contributed by atoms with Crippen molar-refractivity contribution >= 4 is 17.9 Å². The molecule has 1 aromatic carbocycles. The molecular weight excluding hydrogens is 406 g/mol. The minimum atomic E-state index is -0.161. The summed E-state index contributed by atoms with van der Waals surface area (Å²) in [5.41, 5.74) is 2.08. The highest BCUT2D eigenvalue weighted by Gasteiger charge is 2.24. The largest absolute Gasteiger partial charge is 0.487 e. The summed E-state index contributed by atoms with van der Waals surface area (Å²) in [5, 5.41) is 0. The fourth-order valence-electron chi connectivity index (χ4n) is 3.29. The molecule has 0 N–H and O–H groups in total. The number of aromatic nitrogens is 3. The van der Waals surface area contributed by atoms with Crippen molar-refractivity contribution in [2.24, 2.45) is 0 Å². The molecule has 2 aromatic heterocycles. The van der Waals surface area contributed by atoms with Crippen molar-refractivity contribution in [1.29, 1.82) is 0 Å². The Bertz CT molecular complexity index is 1060. The Morgan fingerprint density at radius 2 is 1.69 bits per heavy atom. The van der Waals surface area contributed by atoms with E-state index in [1.807, 2.05) is 42.5 Å². The van der Waals surface area contributed by atoms with Gasteiger partial charge < -0.3 is 14.5 Å². The topological polar surface area (TPSA) is 88.5 Å². The second kappa shape index (κ2) is 10.3. The van der Waals surface area contributed by atoms with Crippen LogP contribution in [0.25, 0.3) is 6.08 Å². The normalized spacial score (nSPS) is 13.9. The van der Waals surface area contributed by atoms with E-state index in [0.29, 0.717) is 38.5 Å². The molecule has 4 rings (SSSR count). The minimum absolute atomic E-state index is 0.0768. The predicted octanol–water partition coefficient (Wildman–Crippen LogP) is 2.45. The van der Waals surface area contributed by atoms with Crippen LogP contribution in [0.4, 0.5) is 0 Å². The third-order valence-corrected chi connectivity index (χ3v) is 5.07. The zero-order valence-electron chi connectivity index (χ0n) is 17.5. The number of pyridine rings is 1. The van der Waals surface area contributed by atoms with E-state index in [1.54, 1.807) is 28.1 Å². The van der Waals surface area contributed by atoms with Gasteiger partial charge in [-0.15, -0.1) is 0 Å². The Kier molecular flexibility index (Phi) is 6.81. The van der Waals surface area contributed by atoms with Crippen LogP contribution in [0.2, 0.25) is 0 Å². The van der Waals surface area contributed by atoms with Crippen LogP contribution in [0.5, 0.6) is 5.75 Å². The maximum atomic E-state index is 12.5. The van der Waals surface area contributed by atoms with Gasteiger partial charge in [-0.1, -0.05) is 18.2 Å². The number of hydrogen-bond donors (Lipinski definition) is 0. The van der Waals surface area contributed by atoms with E-state index in [2.05, 4.69) is 15.0 Å². The summed E-state index contributed by atoms with van der Waals surface area (Å²) in [4.78, 5) is 40.6. The zero-order valence-corrected chi connectivity index (χ0v) is 17.5. The maximum absolute atomic E-state index is 12.5. The number of nitrogens with zero attached hydrogens (tertiary/aromatic N) is 5. The molecule has 32 heavy (non-hydrogen) atoms. The molecule has 1 fully saturated rings. The molecule has 3 aromatic rings. The number of rotatable bonds is 6. The van der Waals surface area contributed by atoms with Crippen LogP contribution in [0.3, 0.4) is 0 Å². The quantitative estimate of drug-likeness (QED) is 0.560. The molecule has 0 bridgehead atoms. The molecule has 2 amide bonds. The molecule has 8 heteroatoms. The van der Waals surface area contributed by atoms with Gasteiger partial charge in [-0.25, -0.2) is 4.98 Å². The maximum Gasteiger partial charge on any atom is 0.274 e. The van der Waals surface area contributed by atoms with E-state index in [4.69, 9.17) is 4.74 Å². The third-order valence-electron chi connectivity index (χ3n) is 5.07. The van der Waals surface area contributed by atoms with Crippen LogP contribution in [-0.4, -0.2) is 62.7 Å². The Morgan fingerprint density at radius 1 is 0.906 bits per heavy atom. The molecule has 1 aliphatic heterocycles. The van der Waals surface area contributed by atoms with E-state index < -0.39 is 0 Å². The van der Waals surface area contributed by atoms with Gasteiger partial charge in [-0.2, -0.15) is 0 Å². The number of amides is 2. The first kappa shape index (κ1) is 21.2. The number of hydrogen-bond acceptors (Lipinski definition) is 6. The summed E-state index contributed by atoms with van der Waals surface area (Å²) in [6.45, 7) is 2.30. The molecule has 1 saturated heterocycles. The molecule has 0 unspecified atom stereocenters. The van der Waals surface area contributed by atoms with Gasteiger partial charge >= 0.3 is 0 Å². The molecule has 0 spiro atoms. The van der Waals surface area contributed by atoms with Gasteiger partial charge in [-0.3, -0.25) is 19.6 Å². The molecular formula is C24H23N5O3. The lowest BCUT2D eigenvalue weighted by Gasteiger charge is -2.34. The van der Waals surface area contributed by atoms with Gasteiger partial charge in [0, 0.05) is 50.8 Å². The van der Waals surface area contributed by atoms with Crippen molar-refractivity contribution in [2.45, 2.75) is 6.61 Å². The number of ether oxygens (including phenoxy) is 1. The van der Waals surface area contributed by atoms with Crippen LogP contribution in [0.15, 0.2) is 73.3 Å². The van der Waals surface area contributed by atoms with E-state index in [1.165, 1.54) is 18.6 Å². The number of carbonyl (C=O) groups is 2. The second-order valence-corrected chi connectivity index (χ2v) is 7.22. The van der Waals surface area contributed by atoms with Gasteiger partial charge in [0.15, 0.2) is 0 Å². The predicted molar refractivity (Wildman–Crippen MR) is 119 cm³/mol. The van der Waals surface area contributed by atoms with E-state index in [0.717, 1.165) is 17.0 Å². The molecule has 0 aliphatic carbocycles. The SMILES string of the molecule is O=C(/C=C/c1ccc(OCc2ccccn2)cc1)N1CCN(C(=O)c2cnccn2)CC1. The highest BCUT2D eigenvalue weighted by Crippen LogP contribution is 2.15. The number of piperazine rings is 1. The molecule has 0 saturated carbocycles. The van der Waals surface area contributed by atoms with Crippen molar-refractivity contribution in [3.63, 3.8) is 0 Å². The summed E-state index contributed by atoms with van der Waals surface area (Å²) >= 11 is 0. The van der Waals surface area contributed by atoms with Gasteiger partial charge in [0.2, 0.25) is 5.91 Å². The van der Waals surface area contributed by atoms with Crippen molar-refractivity contribution in [2.75, 3.05) is 26.2 Å². The molecule has 0 atom stereocenters. The fraction of sp³-hybridized carbons (Fsp3) is 0.208. The third kappa shape index (κ3) is 5.54. The first-order valence-corrected chi connectivity index (χ1v) is 10.3. The first-order valence-electron chi connectivity index (χ1n) is 10.3. The Hall–Kier alpha value is -4.07. The van der Waals surface area contributed by atoms with E-state index in [9.17, 15) is 9.59 Å². The molecule has 8 nitrogen and oxygen atoms in total. The lowest BCUT2D eigenvalue weighted by Crippen LogP contribution is -2.50. The molecule has 1 aliphatic rings. The molecule has 162 valence electrons. The van der Waals surface area contributed by atoms with Crippen LogP contribution < -0.4 is 4.74 Å². The summed E-state index contributed by atoms with van der Waals surface area (Å²) in [6.07, 6.45) is 9.56. The summed E-state index contributed by atoms with van der Waals surface area (Å²) in [6, 6.07) is 13.2. The Morgan fingerprint density at radius 3 is 2.38 bits per heavy atom. The van der Waals surface area contributed by atoms with Crippen molar-refractivity contribution in [3.05, 3.63) is 90.3 Å². The average Bonchev–Trinajstić information content (AvgIpc) is 2.87.